The standard InChI is InChI=1S/C27H31F3N4O3/c1-32-15-17-33(18-16-32)20-25(35)34(36)19-21-7-9-24(10-8-21)31-26(37-27(28,29)30)13-11-23(12-14-26)22-5-3-2-4-6-22/h2-13,31,36H,14-20H2,1H3. The number of nitrogens with one attached hydrogen (secondary N) is 1. The van der Waals surface area contributed by atoms with Crippen molar-refractivity contribution in [2.24, 2.45) is 0 Å². The normalized spacial score (nSPS) is 20.9. The van der Waals surface area contributed by atoms with Gasteiger partial charge < -0.3 is 10.2 Å². The quantitative estimate of drug-likeness (QED) is 0.309. The van der Waals surface area contributed by atoms with Gasteiger partial charge in [-0.1, -0.05) is 54.6 Å². The van der Waals surface area contributed by atoms with E-state index in [1.807, 2.05) is 42.3 Å². The number of piperazine rings is 1. The van der Waals surface area contributed by atoms with Crippen molar-refractivity contribution in [2.45, 2.75) is 25.1 Å². The van der Waals surface area contributed by atoms with Crippen molar-refractivity contribution in [1.29, 1.82) is 0 Å². The van der Waals surface area contributed by atoms with Gasteiger partial charge in [-0.2, -0.15) is 0 Å². The number of rotatable bonds is 8. The van der Waals surface area contributed by atoms with Crippen LogP contribution >= 0.6 is 0 Å². The number of benzene rings is 2. The average molecular weight is 517 g/mol. The molecule has 37 heavy (non-hydrogen) atoms. The van der Waals surface area contributed by atoms with Crippen LogP contribution in [0, 0.1) is 0 Å². The summed E-state index contributed by atoms with van der Waals surface area (Å²) in [5.41, 5.74) is 0.945. The zero-order valence-electron chi connectivity index (χ0n) is 20.6. The Labute approximate surface area is 214 Å². The van der Waals surface area contributed by atoms with E-state index in [1.54, 1.807) is 36.4 Å². The van der Waals surface area contributed by atoms with E-state index >= 15 is 0 Å². The lowest BCUT2D eigenvalue weighted by Gasteiger charge is -2.34. The second-order valence-corrected chi connectivity index (χ2v) is 9.35. The first-order valence-electron chi connectivity index (χ1n) is 12.1. The molecule has 0 radical (unpaired) electrons. The number of anilines is 1. The highest BCUT2D eigenvalue weighted by Gasteiger charge is 2.42. The first-order chi connectivity index (χ1) is 17.6. The van der Waals surface area contributed by atoms with E-state index < -0.39 is 18.0 Å². The van der Waals surface area contributed by atoms with E-state index in [1.165, 1.54) is 6.08 Å². The minimum atomic E-state index is -4.85. The molecule has 0 spiro atoms. The average Bonchev–Trinajstić information content (AvgIpc) is 2.86. The molecule has 7 nitrogen and oxygen atoms in total. The maximum absolute atomic E-state index is 13.3. The lowest BCUT2D eigenvalue weighted by Crippen LogP contribution is -2.48. The molecule has 1 atom stereocenters. The van der Waals surface area contributed by atoms with Crippen molar-refractivity contribution < 1.29 is 27.9 Å². The van der Waals surface area contributed by atoms with Crippen LogP contribution in [0.1, 0.15) is 17.5 Å². The van der Waals surface area contributed by atoms with Crippen LogP contribution in [0.5, 0.6) is 0 Å². The van der Waals surface area contributed by atoms with Gasteiger partial charge in [0.05, 0.1) is 13.1 Å². The van der Waals surface area contributed by atoms with Crippen molar-refractivity contribution in [2.75, 3.05) is 45.1 Å². The van der Waals surface area contributed by atoms with Gasteiger partial charge in [-0.15, -0.1) is 13.2 Å². The number of nitrogens with zero attached hydrogens (tertiary/aromatic N) is 3. The molecule has 1 amide bonds. The van der Waals surface area contributed by atoms with Crippen LogP contribution in [-0.2, 0) is 16.1 Å². The van der Waals surface area contributed by atoms with Crippen molar-refractivity contribution in [3.63, 3.8) is 0 Å². The van der Waals surface area contributed by atoms with Crippen LogP contribution < -0.4 is 5.32 Å². The number of allylic oxidation sites excluding steroid dienone is 2. The fourth-order valence-corrected chi connectivity index (χ4v) is 4.34. The Hall–Kier alpha value is -3.18. The smallest absolute Gasteiger partial charge is 0.354 e. The summed E-state index contributed by atoms with van der Waals surface area (Å²) in [5.74, 6) is -0.405. The number of likely N-dealkylation sites (N-methyl/N-ethyl adjacent to an activating group) is 1. The van der Waals surface area contributed by atoms with E-state index in [4.69, 9.17) is 0 Å². The van der Waals surface area contributed by atoms with E-state index in [9.17, 15) is 23.2 Å². The van der Waals surface area contributed by atoms with Crippen molar-refractivity contribution >= 4 is 17.2 Å². The SMILES string of the molecule is CN1CCN(CC(=O)N(O)Cc2ccc(NC3(OC(F)(F)F)C=CC(c4ccccc4)=CC3)cc2)CC1. The zero-order valence-corrected chi connectivity index (χ0v) is 20.6. The largest absolute Gasteiger partial charge is 0.524 e. The zero-order chi connectivity index (χ0) is 26.5. The molecule has 2 aliphatic rings. The Morgan fingerprint density at radius 1 is 1.08 bits per heavy atom. The molecule has 2 N–H and O–H groups in total. The molecule has 1 fully saturated rings. The highest BCUT2D eigenvalue weighted by Crippen LogP contribution is 2.35. The summed E-state index contributed by atoms with van der Waals surface area (Å²) in [5, 5.41) is 13.8. The van der Waals surface area contributed by atoms with Crippen molar-refractivity contribution in [3.05, 3.63) is 84.0 Å². The van der Waals surface area contributed by atoms with Crippen LogP contribution in [0.25, 0.3) is 5.57 Å². The number of amides is 1. The third-order valence-corrected chi connectivity index (χ3v) is 6.45. The van der Waals surface area contributed by atoms with Gasteiger partial charge in [-0.25, -0.2) is 5.06 Å². The second-order valence-electron chi connectivity index (χ2n) is 9.35. The van der Waals surface area contributed by atoms with Gasteiger partial charge in [0, 0.05) is 38.3 Å². The molecule has 1 aliphatic carbocycles. The van der Waals surface area contributed by atoms with E-state index in [2.05, 4.69) is 15.0 Å². The minimum Gasteiger partial charge on any atom is -0.354 e. The molecule has 10 heteroatoms. The Kier molecular flexibility index (Phi) is 8.33. The van der Waals surface area contributed by atoms with Crippen LogP contribution in [0.4, 0.5) is 18.9 Å². The number of carbonyl (C=O) groups is 1. The highest BCUT2D eigenvalue weighted by molar-refractivity contribution is 5.77. The number of hydrogen-bond acceptors (Lipinski definition) is 6. The Balaban J connectivity index is 1.38. The fraction of sp³-hybridized carbons (Fsp3) is 0.370. The van der Waals surface area contributed by atoms with Gasteiger partial charge in [0.2, 0.25) is 0 Å². The van der Waals surface area contributed by atoms with Crippen LogP contribution in [0.15, 0.2) is 72.8 Å². The lowest BCUT2D eigenvalue weighted by molar-refractivity contribution is -0.353. The third-order valence-electron chi connectivity index (χ3n) is 6.45. The summed E-state index contributed by atoms with van der Waals surface area (Å²) in [4.78, 5) is 16.6. The monoisotopic (exact) mass is 516 g/mol. The van der Waals surface area contributed by atoms with Gasteiger partial charge >= 0.3 is 6.36 Å². The Morgan fingerprint density at radius 3 is 2.35 bits per heavy atom. The number of carbonyl (C=O) groups excluding carboxylic acids is 1. The molecular formula is C27H31F3N4O3. The third kappa shape index (κ3) is 7.65. The number of hydroxylamine groups is 2. The summed E-state index contributed by atoms with van der Waals surface area (Å²) >= 11 is 0. The Morgan fingerprint density at radius 2 is 1.76 bits per heavy atom. The molecular weight excluding hydrogens is 485 g/mol. The maximum Gasteiger partial charge on any atom is 0.524 e. The van der Waals surface area contributed by atoms with E-state index in [0.717, 1.165) is 37.3 Å². The molecule has 1 unspecified atom stereocenters. The highest BCUT2D eigenvalue weighted by atomic mass is 19.4. The maximum atomic E-state index is 13.3. The molecule has 0 saturated carbocycles. The molecule has 2 aromatic carbocycles. The number of ether oxygens (including phenoxy) is 1. The van der Waals surface area contributed by atoms with Gasteiger partial charge in [0.15, 0.2) is 5.72 Å². The first-order valence-corrected chi connectivity index (χ1v) is 12.1. The molecule has 0 aromatic heterocycles. The molecule has 4 rings (SSSR count). The van der Waals surface area contributed by atoms with E-state index in [0.29, 0.717) is 16.3 Å². The summed E-state index contributed by atoms with van der Waals surface area (Å²) < 4.78 is 44.4. The summed E-state index contributed by atoms with van der Waals surface area (Å²) in [7, 11) is 2.02. The van der Waals surface area contributed by atoms with Gasteiger partial charge in [-0.05, 0) is 42.0 Å². The van der Waals surface area contributed by atoms with Crippen LogP contribution in [-0.4, -0.2) is 77.8 Å². The van der Waals surface area contributed by atoms with E-state index in [-0.39, 0.29) is 19.5 Å². The molecule has 198 valence electrons. The fourth-order valence-electron chi connectivity index (χ4n) is 4.34. The number of hydrogen-bond donors (Lipinski definition) is 2. The van der Waals surface area contributed by atoms with Crippen molar-refractivity contribution in [3.8, 4) is 0 Å². The summed E-state index contributed by atoms with van der Waals surface area (Å²) in [6.45, 7) is 3.35. The lowest BCUT2D eigenvalue weighted by atomic mass is 9.94. The molecule has 2 aromatic rings. The van der Waals surface area contributed by atoms with Gasteiger partial charge in [0.1, 0.15) is 0 Å². The summed E-state index contributed by atoms with van der Waals surface area (Å²) in [6, 6.07) is 15.9. The molecule has 0 bridgehead atoms. The van der Waals surface area contributed by atoms with Crippen LogP contribution in [0.3, 0.4) is 0 Å². The number of alkyl halides is 3. The van der Waals surface area contributed by atoms with Gasteiger partial charge in [-0.3, -0.25) is 19.6 Å². The molecule has 1 aliphatic heterocycles. The predicted molar refractivity (Wildman–Crippen MR) is 134 cm³/mol. The predicted octanol–water partition coefficient (Wildman–Crippen LogP) is 4.34. The second kappa shape index (κ2) is 11.5. The minimum absolute atomic E-state index is 0.0277. The van der Waals surface area contributed by atoms with Gasteiger partial charge in [0.25, 0.3) is 5.91 Å². The molecule has 1 heterocycles. The van der Waals surface area contributed by atoms with Crippen molar-refractivity contribution in [1.82, 2.24) is 14.9 Å². The number of halogens is 3. The molecule has 1 saturated heterocycles. The summed E-state index contributed by atoms with van der Waals surface area (Å²) in [6.07, 6.45) is -0.195. The first kappa shape index (κ1) is 26.9. The topological polar surface area (TPSA) is 68.3 Å². The van der Waals surface area contributed by atoms with Crippen LogP contribution in [0.2, 0.25) is 0 Å². The Bertz CT molecular complexity index is 1110.